The van der Waals surface area contributed by atoms with Crippen LogP contribution in [0.5, 0.6) is 0 Å². The minimum absolute atomic E-state index is 0.212. The van der Waals surface area contributed by atoms with Crippen LogP contribution in [-0.2, 0) is 0 Å². The van der Waals surface area contributed by atoms with Crippen LogP contribution in [0.2, 0.25) is 0 Å². The highest BCUT2D eigenvalue weighted by Gasteiger charge is 1.91. The van der Waals surface area contributed by atoms with Gasteiger partial charge >= 0.3 is 5.69 Å². The number of aromatic nitrogens is 2. The van der Waals surface area contributed by atoms with Crippen LogP contribution in [0.15, 0.2) is 17.1 Å². The Bertz CT molecular complexity index is 268. The van der Waals surface area contributed by atoms with Crippen LogP contribution in [-0.4, -0.2) is 7.76 Å². The summed E-state index contributed by atoms with van der Waals surface area (Å²) in [7, 11) is 0. The second-order valence-corrected chi connectivity index (χ2v) is 2.61. The second-order valence-electron chi connectivity index (χ2n) is 1.65. The number of aryl methyl sites for hydroxylation is 1. The van der Waals surface area contributed by atoms with Crippen molar-refractivity contribution < 1.29 is 0 Å². The number of hydrogen-bond acceptors (Lipinski definition) is 2. The van der Waals surface area contributed by atoms with Crippen molar-refractivity contribution in [2.24, 2.45) is 0 Å². The van der Waals surface area contributed by atoms with Gasteiger partial charge in [-0.25, -0.2) is 12.6 Å². The lowest BCUT2D eigenvalue weighted by Crippen LogP contribution is -2.16. The van der Waals surface area contributed by atoms with Crippen molar-refractivity contribution in [2.75, 3.05) is 0 Å². The molecule has 0 aliphatic heterocycles. The first-order valence-corrected chi connectivity index (χ1v) is 3.39. The Labute approximate surface area is 66.2 Å². The monoisotopic (exact) mass is 236 g/mol. The Hall–Kier alpha value is -0.390. The van der Waals surface area contributed by atoms with Crippen molar-refractivity contribution in [3.63, 3.8) is 0 Å². The predicted molar refractivity (Wildman–Crippen MR) is 42.7 cm³/mol. The quantitative estimate of drug-likeness (QED) is 0.623. The molecule has 9 heavy (non-hydrogen) atoms. The molecule has 1 aromatic rings. The highest BCUT2D eigenvalue weighted by molar-refractivity contribution is 14.1. The van der Waals surface area contributed by atoms with Crippen LogP contribution in [0, 0.1) is 6.92 Å². The maximum Gasteiger partial charge on any atom is 0.356 e. The molecule has 0 N–H and O–H groups in total. The van der Waals surface area contributed by atoms with Gasteiger partial charge in [0.15, 0.2) is 0 Å². The lowest BCUT2D eigenvalue weighted by molar-refractivity contribution is 1.00. The molecule has 4 heteroatoms. The average molecular weight is 236 g/mol. The van der Waals surface area contributed by atoms with E-state index >= 15 is 0 Å². The summed E-state index contributed by atoms with van der Waals surface area (Å²) >= 11 is 1.91. The zero-order valence-corrected chi connectivity index (χ0v) is 6.99. The van der Waals surface area contributed by atoms with E-state index in [0.717, 1.165) is 5.69 Å². The molecule has 0 spiro atoms. The summed E-state index contributed by atoms with van der Waals surface area (Å²) in [4.78, 5) is 14.2. The van der Waals surface area contributed by atoms with E-state index in [1.807, 2.05) is 29.8 Å². The lowest BCUT2D eigenvalue weighted by atomic mass is 10.5. The molecule has 1 aromatic heterocycles. The summed E-state index contributed by atoms with van der Waals surface area (Å²) in [5.74, 6) is 0. The third-order valence-electron chi connectivity index (χ3n) is 0.978. The van der Waals surface area contributed by atoms with Gasteiger partial charge in [0.1, 0.15) is 0 Å². The highest BCUT2D eigenvalue weighted by atomic mass is 127. The zero-order valence-electron chi connectivity index (χ0n) is 4.84. The Morgan fingerprint density at radius 3 is 2.89 bits per heavy atom. The van der Waals surface area contributed by atoms with Crippen LogP contribution >= 0.6 is 22.9 Å². The molecule has 0 fully saturated rings. The molecule has 0 radical (unpaired) electrons. The summed E-state index contributed by atoms with van der Waals surface area (Å²) in [5, 5.41) is 0. The third kappa shape index (κ3) is 1.29. The van der Waals surface area contributed by atoms with Crippen LogP contribution in [0.4, 0.5) is 0 Å². The molecule has 0 saturated carbocycles. The number of rotatable bonds is 0. The van der Waals surface area contributed by atoms with Crippen LogP contribution in [0.1, 0.15) is 5.69 Å². The van der Waals surface area contributed by atoms with E-state index in [2.05, 4.69) is 4.98 Å². The molecule has 48 valence electrons. The Morgan fingerprint density at radius 1 is 1.78 bits per heavy atom. The Morgan fingerprint density at radius 2 is 2.44 bits per heavy atom. The SMILES string of the molecule is Cc1ccnc(=O)n1I. The van der Waals surface area contributed by atoms with Gasteiger partial charge in [-0.2, -0.15) is 0 Å². The van der Waals surface area contributed by atoms with E-state index in [0.29, 0.717) is 0 Å². The molecular formula is C5H5IN2O. The fourth-order valence-electron chi connectivity index (χ4n) is 0.476. The van der Waals surface area contributed by atoms with Crippen molar-refractivity contribution in [1.82, 2.24) is 7.76 Å². The van der Waals surface area contributed by atoms with E-state index in [9.17, 15) is 4.79 Å². The van der Waals surface area contributed by atoms with Crippen LogP contribution in [0.3, 0.4) is 0 Å². The molecular weight excluding hydrogens is 231 g/mol. The van der Waals surface area contributed by atoms with E-state index in [4.69, 9.17) is 0 Å². The fraction of sp³-hybridized carbons (Fsp3) is 0.200. The third-order valence-corrected chi connectivity index (χ3v) is 2.15. The van der Waals surface area contributed by atoms with E-state index in [1.165, 1.54) is 8.98 Å². The first kappa shape index (κ1) is 6.73. The normalized spacial score (nSPS) is 9.56. The fourth-order valence-corrected chi connectivity index (χ4v) is 0.761. The molecule has 0 aliphatic rings. The van der Waals surface area contributed by atoms with Gasteiger partial charge < -0.3 is 0 Å². The van der Waals surface area contributed by atoms with E-state index < -0.39 is 0 Å². The highest BCUT2D eigenvalue weighted by Crippen LogP contribution is 1.94. The molecule has 0 amide bonds. The summed E-state index contributed by atoms with van der Waals surface area (Å²) in [6, 6.07) is 1.79. The van der Waals surface area contributed by atoms with E-state index in [1.54, 1.807) is 6.07 Å². The molecule has 0 atom stereocenters. The summed E-state index contributed by atoms with van der Waals surface area (Å²) in [5.41, 5.74) is 0.700. The van der Waals surface area contributed by atoms with Gasteiger partial charge in [-0.1, -0.05) is 0 Å². The predicted octanol–water partition coefficient (Wildman–Crippen LogP) is 0.750. The Balaban J connectivity index is 3.43. The lowest BCUT2D eigenvalue weighted by Gasteiger charge is -1.94. The molecule has 3 nitrogen and oxygen atoms in total. The van der Waals surface area contributed by atoms with Crippen molar-refractivity contribution in [3.05, 3.63) is 28.4 Å². The minimum Gasteiger partial charge on any atom is -0.245 e. The molecule has 0 bridgehead atoms. The number of hydrogen-bond donors (Lipinski definition) is 0. The van der Waals surface area contributed by atoms with Crippen molar-refractivity contribution in [2.45, 2.75) is 6.92 Å². The van der Waals surface area contributed by atoms with Crippen molar-refractivity contribution in [1.29, 1.82) is 0 Å². The summed E-state index contributed by atoms with van der Waals surface area (Å²) in [6.07, 6.45) is 1.51. The van der Waals surface area contributed by atoms with Gasteiger partial charge in [0.2, 0.25) is 0 Å². The maximum atomic E-state index is 10.7. The molecule has 0 aromatic carbocycles. The molecule has 0 unspecified atom stereocenters. The summed E-state index contributed by atoms with van der Waals surface area (Å²) in [6.45, 7) is 1.86. The minimum atomic E-state index is -0.212. The number of halogens is 1. The Kier molecular flexibility index (Phi) is 1.84. The van der Waals surface area contributed by atoms with Crippen molar-refractivity contribution in [3.8, 4) is 0 Å². The van der Waals surface area contributed by atoms with Gasteiger partial charge in [-0.15, -0.1) is 0 Å². The standard InChI is InChI=1S/C5H5IN2O/c1-4-2-3-7-5(9)8(4)6/h2-3H,1H3. The van der Waals surface area contributed by atoms with Crippen LogP contribution in [0.25, 0.3) is 0 Å². The second kappa shape index (κ2) is 2.47. The maximum absolute atomic E-state index is 10.7. The number of nitrogens with zero attached hydrogens (tertiary/aromatic N) is 2. The summed E-state index contributed by atoms with van der Waals surface area (Å²) < 4.78 is 1.47. The van der Waals surface area contributed by atoms with Gasteiger partial charge in [0.05, 0.1) is 22.9 Å². The van der Waals surface area contributed by atoms with E-state index in [-0.39, 0.29) is 5.69 Å². The van der Waals surface area contributed by atoms with Gasteiger partial charge in [0, 0.05) is 11.9 Å². The molecule has 0 aliphatic carbocycles. The largest absolute Gasteiger partial charge is 0.356 e. The average Bonchev–Trinajstić information content (AvgIpc) is 1.83. The topological polar surface area (TPSA) is 34.9 Å². The van der Waals surface area contributed by atoms with Crippen molar-refractivity contribution >= 4 is 22.9 Å². The molecule has 1 rings (SSSR count). The first-order valence-electron chi connectivity index (χ1n) is 2.42. The zero-order chi connectivity index (χ0) is 6.85. The van der Waals surface area contributed by atoms with Gasteiger partial charge in [0.25, 0.3) is 0 Å². The van der Waals surface area contributed by atoms with Gasteiger partial charge in [-0.3, -0.25) is 0 Å². The first-order chi connectivity index (χ1) is 4.22. The molecule has 1 heterocycles. The van der Waals surface area contributed by atoms with Crippen LogP contribution < -0.4 is 5.69 Å². The molecule has 0 saturated heterocycles. The van der Waals surface area contributed by atoms with Gasteiger partial charge in [-0.05, 0) is 13.0 Å². The smallest absolute Gasteiger partial charge is 0.245 e.